The zero-order chi connectivity index (χ0) is 9.84. The molecule has 0 aromatic carbocycles. The van der Waals surface area contributed by atoms with E-state index in [9.17, 15) is 4.79 Å². The predicted octanol–water partition coefficient (Wildman–Crippen LogP) is -0.919. The normalized spacial score (nSPS) is 18.8. The van der Waals surface area contributed by atoms with E-state index in [0.29, 0.717) is 12.5 Å². The third-order valence-electron chi connectivity index (χ3n) is 1.92. The summed E-state index contributed by atoms with van der Waals surface area (Å²) in [5.41, 5.74) is 15.8. The summed E-state index contributed by atoms with van der Waals surface area (Å²) in [6.07, 6.45) is 3.47. The predicted molar refractivity (Wildman–Crippen MR) is 50.7 cm³/mol. The molecule has 0 aromatic rings. The van der Waals surface area contributed by atoms with Gasteiger partial charge in [-0.05, 0) is 18.8 Å². The molecule has 1 aliphatic carbocycles. The number of rotatable bonds is 4. The van der Waals surface area contributed by atoms with Crippen LogP contribution in [0.5, 0.6) is 0 Å². The molecule has 1 aliphatic rings. The number of nitrogens with zero attached hydrogens (tertiary/aromatic N) is 1. The van der Waals surface area contributed by atoms with Crippen molar-refractivity contribution < 1.29 is 4.79 Å². The molecule has 1 fully saturated rings. The van der Waals surface area contributed by atoms with Crippen molar-refractivity contribution >= 4 is 11.7 Å². The van der Waals surface area contributed by atoms with Crippen molar-refractivity contribution in [3.63, 3.8) is 0 Å². The van der Waals surface area contributed by atoms with E-state index in [2.05, 4.69) is 4.99 Å². The molecule has 6 N–H and O–H groups in total. The molecule has 0 bridgehead atoms. The number of hydrogen-bond acceptors (Lipinski definition) is 3. The third-order valence-corrected chi connectivity index (χ3v) is 1.92. The highest BCUT2D eigenvalue weighted by Gasteiger charge is 2.21. The highest BCUT2D eigenvalue weighted by atomic mass is 16.1. The van der Waals surface area contributed by atoms with Crippen LogP contribution in [0, 0.1) is 5.92 Å². The van der Waals surface area contributed by atoms with Crippen molar-refractivity contribution in [3.05, 3.63) is 11.8 Å². The number of aliphatic imine (C=N–C) groups is 1. The molecule has 5 heteroatoms. The van der Waals surface area contributed by atoms with Gasteiger partial charge in [-0.25, -0.2) is 0 Å². The molecule has 0 heterocycles. The standard InChI is InChI=1S/C8H14N4O/c9-3-6(8(11)13)7(10)12-4-5-1-2-5/h3,5H,1-2,4,9H2,(H2,10,12)(H2,11,13). The van der Waals surface area contributed by atoms with Crippen LogP contribution in [-0.4, -0.2) is 18.3 Å². The number of amides is 1. The Bertz CT molecular complexity index is 265. The molecular weight excluding hydrogens is 168 g/mol. The topological polar surface area (TPSA) is 107 Å². The van der Waals surface area contributed by atoms with Crippen LogP contribution in [0.15, 0.2) is 16.8 Å². The molecule has 0 saturated heterocycles. The van der Waals surface area contributed by atoms with Gasteiger partial charge in [0.2, 0.25) is 0 Å². The van der Waals surface area contributed by atoms with Crippen LogP contribution < -0.4 is 17.2 Å². The first-order chi connectivity index (χ1) is 6.15. The maximum Gasteiger partial charge on any atom is 0.253 e. The monoisotopic (exact) mass is 182 g/mol. The van der Waals surface area contributed by atoms with Gasteiger partial charge in [0.15, 0.2) is 0 Å². The third kappa shape index (κ3) is 2.77. The van der Waals surface area contributed by atoms with Crippen molar-refractivity contribution in [1.82, 2.24) is 0 Å². The number of nitrogens with two attached hydrogens (primary N) is 3. The maximum atomic E-state index is 10.7. The fourth-order valence-corrected chi connectivity index (χ4v) is 0.907. The van der Waals surface area contributed by atoms with E-state index in [0.717, 1.165) is 6.20 Å². The maximum absolute atomic E-state index is 10.7. The average molecular weight is 182 g/mol. The number of carbonyl (C=O) groups is 1. The Labute approximate surface area is 76.7 Å². The summed E-state index contributed by atoms with van der Waals surface area (Å²) in [4.78, 5) is 14.8. The van der Waals surface area contributed by atoms with Crippen molar-refractivity contribution in [2.24, 2.45) is 28.1 Å². The molecule has 1 saturated carbocycles. The lowest BCUT2D eigenvalue weighted by molar-refractivity contribution is -0.114. The second-order valence-corrected chi connectivity index (χ2v) is 3.11. The first kappa shape index (κ1) is 9.57. The molecule has 0 atom stereocenters. The Balaban J connectivity index is 2.56. The molecule has 0 aliphatic heterocycles. The van der Waals surface area contributed by atoms with Crippen molar-refractivity contribution in [2.75, 3.05) is 6.54 Å². The fraction of sp³-hybridized carbons (Fsp3) is 0.500. The fourth-order valence-electron chi connectivity index (χ4n) is 0.907. The molecule has 72 valence electrons. The lowest BCUT2D eigenvalue weighted by Gasteiger charge is -2.00. The SMILES string of the molecule is NC=C(C(N)=O)C(N)=NCC1CC1. The van der Waals surface area contributed by atoms with Gasteiger partial charge in [0.1, 0.15) is 5.84 Å². The first-order valence-corrected chi connectivity index (χ1v) is 4.17. The van der Waals surface area contributed by atoms with Crippen LogP contribution >= 0.6 is 0 Å². The van der Waals surface area contributed by atoms with Crippen molar-refractivity contribution in [2.45, 2.75) is 12.8 Å². The van der Waals surface area contributed by atoms with Gasteiger partial charge < -0.3 is 17.2 Å². The van der Waals surface area contributed by atoms with E-state index >= 15 is 0 Å². The van der Waals surface area contributed by atoms with Crippen LogP contribution in [0.2, 0.25) is 0 Å². The largest absolute Gasteiger partial charge is 0.404 e. The Kier molecular flexibility index (Phi) is 2.89. The Hall–Kier alpha value is -1.52. The van der Waals surface area contributed by atoms with Crippen LogP contribution in [0.3, 0.4) is 0 Å². The Morgan fingerprint density at radius 2 is 2.08 bits per heavy atom. The van der Waals surface area contributed by atoms with E-state index in [-0.39, 0.29) is 11.4 Å². The molecule has 1 rings (SSSR count). The minimum atomic E-state index is -0.639. The van der Waals surface area contributed by atoms with E-state index in [1.807, 2.05) is 0 Å². The number of hydrogen-bond donors (Lipinski definition) is 3. The number of primary amides is 1. The van der Waals surface area contributed by atoms with Crippen LogP contribution in [0.25, 0.3) is 0 Å². The van der Waals surface area contributed by atoms with Crippen LogP contribution in [0.4, 0.5) is 0 Å². The molecule has 0 radical (unpaired) electrons. The smallest absolute Gasteiger partial charge is 0.253 e. The van der Waals surface area contributed by atoms with Gasteiger partial charge in [-0.2, -0.15) is 0 Å². The van der Waals surface area contributed by atoms with E-state index in [4.69, 9.17) is 17.2 Å². The summed E-state index contributed by atoms with van der Waals surface area (Å²) < 4.78 is 0. The lowest BCUT2D eigenvalue weighted by Crippen LogP contribution is -2.27. The summed E-state index contributed by atoms with van der Waals surface area (Å²) in [5.74, 6) is 0.131. The minimum Gasteiger partial charge on any atom is -0.404 e. The molecular formula is C8H14N4O. The van der Waals surface area contributed by atoms with Crippen LogP contribution in [0.1, 0.15) is 12.8 Å². The lowest BCUT2D eigenvalue weighted by atomic mass is 10.2. The van der Waals surface area contributed by atoms with Gasteiger partial charge in [0.05, 0.1) is 5.57 Å². The average Bonchev–Trinajstić information content (AvgIpc) is 2.84. The summed E-state index contributed by atoms with van der Waals surface area (Å²) in [6, 6.07) is 0. The van der Waals surface area contributed by atoms with Gasteiger partial charge >= 0.3 is 0 Å². The van der Waals surface area contributed by atoms with Gasteiger partial charge in [-0.3, -0.25) is 9.79 Å². The highest BCUT2D eigenvalue weighted by molar-refractivity contribution is 6.19. The molecule has 1 amide bonds. The van der Waals surface area contributed by atoms with Gasteiger partial charge in [0.25, 0.3) is 5.91 Å². The second-order valence-electron chi connectivity index (χ2n) is 3.11. The second kappa shape index (κ2) is 3.93. The van der Waals surface area contributed by atoms with E-state index in [1.165, 1.54) is 12.8 Å². The summed E-state index contributed by atoms with van der Waals surface area (Å²) >= 11 is 0. The summed E-state index contributed by atoms with van der Waals surface area (Å²) in [5, 5.41) is 0. The zero-order valence-electron chi connectivity index (χ0n) is 7.36. The molecule has 5 nitrogen and oxygen atoms in total. The summed E-state index contributed by atoms with van der Waals surface area (Å²) in [6.45, 7) is 0.663. The van der Waals surface area contributed by atoms with Crippen molar-refractivity contribution in [3.8, 4) is 0 Å². The zero-order valence-corrected chi connectivity index (χ0v) is 7.36. The van der Waals surface area contributed by atoms with Gasteiger partial charge in [0, 0.05) is 12.7 Å². The van der Waals surface area contributed by atoms with E-state index in [1.54, 1.807) is 0 Å². The number of carbonyl (C=O) groups excluding carboxylic acids is 1. The summed E-state index contributed by atoms with van der Waals surface area (Å²) in [7, 11) is 0. The van der Waals surface area contributed by atoms with Crippen molar-refractivity contribution in [1.29, 1.82) is 0 Å². The minimum absolute atomic E-state index is 0.0978. The Morgan fingerprint density at radius 1 is 1.46 bits per heavy atom. The van der Waals surface area contributed by atoms with Crippen LogP contribution in [-0.2, 0) is 4.79 Å². The Morgan fingerprint density at radius 3 is 2.46 bits per heavy atom. The number of amidine groups is 1. The molecule has 0 aromatic heterocycles. The van der Waals surface area contributed by atoms with E-state index < -0.39 is 5.91 Å². The quantitative estimate of drug-likeness (QED) is 0.297. The molecule has 0 spiro atoms. The highest BCUT2D eigenvalue weighted by Crippen LogP contribution is 2.28. The molecule has 13 heavy (non-hydrogen) atoms. The first-order valence-electron chi connectivity index (χ1n) is 4.17. The van der Waals surface area contributed by atoms with Gasteiger partial charge in [-0.1, -0.05) is 0 Å². The van der Waals surface area contributed by atoms with Gasteiger partial charge in [-0.15, -0.1) is 0 Å². The molecule has 0 unspecified atom stereocenters.